The first-order chi connectivity index (χ1) is 17.4. The van der Waals surface area contributed by atoms with Crippen LogP contribution in [0.2, 0.25) is 0 Å². The molecule has 0 unspecified atom stereocenters. The molecular weight excluding hydrogens is 547 g/mol. The molecule has 0 radical (unpaired) electrons. The van der Waals surface area contributed by atoms with Gasteiger partial charge in [-0.1, -0.05) is 18.2 Å². The van der Waals surface area contributed by atoms with Gasteiger partial charge in [0.1, 0.15) is 17.4 Å². The lowest BCUT2D eigenvalue weighted by molar-refractivity contribution is -0.141. The Morgan fingerprint density at radius 2 is 1.84 bits per heavy atom. The van der Waals surface area contributed by atoms with E-state index < -0.39 is 33.3 Å². The SMILES string of the molecule is C[C@H](NC(=O)C1(N2CC[C@@H](Oc3cccc(C(F)(F)F)c3)C2)CCOCC1)c1ccc(S(N)(=O)=O)cc1.Cl. The average molecular weight is 578 g/mol. The van der Waals surface area contributed by atoms with Crippen LogP contribution in [-0.2, 0) is 25.7 Å². The number of hydrogen-bond donors (Lipinski definition) is 2. The van der Waals surface area contributed by atoms with Crippen LogP contribution < -0.4 is 15.2 Å². The third-order valence-electron chi connectivity index (χ3n) is 7.01. The van der Waals surface area contributed by atoms with Crippen molar-refractivity contribution in [1.82, 2.24) is 10.2 Å². The van der Waals surface area contributed by atoms with Gasteiger partial charge in [-0.15, -0.1) is 12.4 Å². The molecule has 2 aromatic carbocycles. The standard InChI is InChI=1S/C25H30F3N3O5S.ClH/c1-17(18-5-7-22(8-6-18)37(29,33)34)30-23(32)24(10-13-35-14-11-24)31-12-9-21(16-31)36-20-4-2-3-19(15-20)25(26,27)28;/h2-8,15,17,21H,9-14,16H2,1H3,(H,30,32)(H2,29,33,34);1H/t17-,21+;/m0./s1. The fourth-order valence-corrected chi connectivity index (χ4v) is 5.42. The molecule has 0 spiro atoms. The number of benzene rings is 2. The molecule has 0 bridgehead atoms. The van der Waals surface area contributed by atoms with Gasteiger partial charge in [0.05, 0.1) is 16.5 Å². The van der Waals surface area contributed by atoms with E-state index in [2.05, 4.69) is 5.32 Å². The lowest BCUT2D eigenvalue weighted by Gasteiger charge is -2.43. The summed E-state index contributed by atoms with van der Waals surface area (Å²) in [7, 11) is -3.82. The molecule has 2 aliphatic heterocycles. The van der Waals surface area contributed by atoms with Gasteiger partial charge >= 0.3 is 6.18 Å². The number of carbonyl (C=O) groups is 1. The Labute approximate surface area is 226 Å². The molecule has 2 atom stereocenters. The third kappa shape index (κ3) is 6.78. The van der Waals surface area contributed by atoms with Gasteiger partial charge in [-0.3, -0.25) is 9.69 Å². The number of likely N-dealkylation sites (tertiary alicyclic amines) is 1. The molecule has 2 heterocycles. The van der Waals surface area contributed by atoms with Crippen LogP contribution in [0.1, 0.15) is 43.4 Å². The second-order valence-electron chi connectivity index (χ2n) is 9.45. The third-order valence-corrected chi connectivity index (χ3v) is 7.94. The summed E-state index contributed by atoms with van der Waals surface area (Å²) in [6, 6.07) is 10.4. The van der Waals surface area contributed by atoms with Crippen molar-refractivity contribution in [1.29, 1.82) is 0 Å². The highest BCUT2D eigenvalue weighted by atomic mass is 35.5. The van der Waals surface area contributed by atoms with Crippen molar-refractivity contribution < 1.29 is 35.9 Å². The fraction of sp³-hybridized carbons (Fsp3) is 0.480. The minimum Gasteiger partial charge on any atom is -0.489 e. The van der Waals surface area contributed by atoms with Crippen molar-refractivity contribution in [3.05, 3.63) is 59.7 Å². The summed E-state index contributed by atoms with van der Waals surface area (Å²) < 4.78 is 73.7. The number of primary sulfonamides is 1. The molecule has 0 aromatic heterocycles. The molecule has 4 rings (SSSR count). The maximum absolute atomic E-state index is 13.6. The van der Waals surface area contributed by atoms with E-state index in [9.17, 15) is 26.4 Å². The van der Waals surface area contributed by atoms with Crippen LogP contribution in [0.15, 0.2) is 53.4 Å². The zero-order valence-electron chi connectivity index (χ0n) is 20.7. The topological polar surface area (TPSA) is 111 Å². The number of carbonyl (C=O) groups excluding carboxylic acids is 1. The first-order valence-electron chi connectivity index (χ1n) is 12.0. The number of sulfonamides is 1. The fourth-order valence-electron chi connectivity index (χ4n) is 4.91. The van der Waals surface area contributed by atoms with Crippen LogP contribution in [0.25, 0.3) is 0 Å². The van der Waals surface area contributed by atoms with Crippen molar-refractivity contribution in [2.45, 2.75) is 54.9 Å². The smallest absolute Gasteiger partial charge is 0.416 e. The highest BCUT2D eigenvalue weighted by Gasteiger charge is 2.48. The van der Waals surface area contributed by atoms with E-state index in [1.54, 1.807) is 19.1 Å². The highest BCUT2D eigenvalue weighted by Crippen LogP contribution is 2.35. The first kappa shape index (κ1) is 30.2. The van der Waals surface area contributed by atoms with E-state index in [1.165, 1.54) is 24.3 Å². The number of nitrogens with one attached hydrogen (secondary N) is 1. The summed E-state index contributed by atoms with van der Waals surface area (Å²) in [6.45, 7) is 3.55. The molecule has 2 aliphatic rings. The van der Waals surface area contributed by atoms with Crippen LogP contribution in [0.3, 0.4) is 0 Å². The summed E-state index contributed by atoms with van der Waals surface area (Å²) in [5.41, 5.74) is -0.903. The largest absolute Gasteiger partial charge is 0.489 e. The molecule has 13 heteroatoms. The molecule has 2 saturated heterocycles. The van der Waals surface area contributed by atoms with Crippen molar-refractivity contribution in [3.63, 3.8) is 0 Å². The van der Waals surface area contributed by atoms with Crippen LogP contribution in [0.5, 0.6) is 5.75 Å². The van der Waals surface area contributed by atoms with Gasteiger partial charge < -0.3 is 14.8 Å². The number of nitrogens with zero attached hydrogens (tertiary/aromatic N) is 1. The van der Waals surface area contributed by atoms with Crippen molar-refractivity contribution in [2.24, 2.45) is 5.14 Å². The van der Waals surface area contributed by atoms with E-state index in [-0.39, 0.29) is 35.1 Å². The summed E-state index contributed by atoms with van der Waals surface area (Å²) in [4.78, 5) is 15.7. The molecule has 1 amide bonds. The minimum absolute atomic E-state index is 0. The number of nitrogens with two attached hydrogens (primary N) is 1. The number of hydrogen-bond acceptors (Lipinski definition) is 6. The van der Waals surface area contributed by atoms with Gasteiger partial charge in [0.15, 0.2) is 0 Å². The van der Waals surface area contributed by atoms with E-state index in [4.69, 9.17) is 14.6 Å². The summed E-state index contributed by atoms with van der Waals surface area (Å²) in [6.07, 6.45) is -3.32. The monoisotopic (exact) mass is 577 g/mol. The van der Waals surface area contributed by atoms with Gasteiger partial charge in [-0.05, 0) is 62.1 Å². The summed E-state index contributed by atoms with van der Waals surface area (Å²) >= 11 is 0. The predicted octanol–water partition coefficient (Wildman–Crippen LogP) is 3.65. The van der Waals surface area contributed by atoms with Gasteiger partial charge in [-0.2, -0.15) is 13.2 Å². The molecular formula is C25H31ClF3N3O5S. The number of alkyl halides is 3. The van der Waals surface area contributed by atoms with Crippen molar-refractivity contribution in [3.8, 4) is 5.75 Å². The first-order valence-corrected chi connectivity index (χ1v) is 13.5. The number of ether oxygens (including phenoxy) is 2. The molecule has 8 nitrogen and oxygen atoms in total. The van der Waals surface area contributed by atoms with Crippen LogP contribution >= 0.6 is 12.4 Å². The predicted molar refractivity (Wildman–Crippen MR) is 136 cm³/mol. The zero-order valence-corrected chi connectivity index (χ0v) is 22.4. The van der Waals surface area contributed by atoms with Crippen LogP contribution in [0, 0.1) is 0 Å². The normalized spacial score (nSPS) is 20.8. The number of rotatable bonds is 7. The van der Waals surface area contributed by atoms with Crippen LogP contribution in [0.4, 0.5) is 13.2 Å². The summed E-state index contributed by atoms with van der Waals surface area (Å²) in [5.74, 6) is -0.0396. The minimum atomic E-state index is -4.46. The Balaban J connectivity index is 0.00000400. The lowest BCUT2D eigenvalue weighted by Crippen LogP contribution is -2.61. The average Bonchev–Trinajstić information content (AvgIpc) is 3.32. The Bertz CT molecular complexity index is 1220. The number of halogens is 4. The quantitative estimate of drug-likeness (QED) is 0.520. The Morgan fingerprint density at radius 1 is 1.18 bits per heavy atom. The molecule has 38 heavy (non-hydrogen) atoms. The second kappa shape index (κ2) is 11.8. The van der Waals surface area contributed by atoms with Gasteiger partial charge in [0.25, 0.3) is 0 Å². The highest BCUT2D eigenvalue weighted by molar-refractivity contribution is 7.89. The lowest BCUT2D eigenvalue weighted by atomic mass is 9.86. The number of amides is 1. The Hall–Kier alpha value is -2.38. The van der Waals surface area contributed by atoms with Crippen molar-refractivity contribution in [2.75, 3.05) is 26.3 Å². The maximum atomic E-state index is 13.6. The second-order valence-corrected chi connectivity index (χ2v) is 11.0. The Morgan fingerprint density at radius 3 is 2.45 bits per heavy atom. The molecule has 0 saturated carbocycles. The van der Waals surface area contributed by atoms with E-state index in [0.717, 1.165) is 17.7 Å². The van der Waals surface area contributed by atoms with Crippen molar-refractivity contribution >= 4 is 28.3 Å². The van der Waals surface area contributed by atoms with E-state index >= 15 is 0 Å². The van der Waals surface area contributed by atoms with E-state index in [1.807, 2.05) is 4.90 Å². The molecule has 3 N–H and O–H groups in total. The van der Waals surface area contributed by atoms with Gasteiger partial charge in [0.2, 0.25) is 15.9 Å². The zero-order chi connectivity index (χ0) is 26.8. The van der Waals surface area contributed by atoms with Gasteiger partial charge in [-0.25, -0.2) is 13.6 Å². The Kier molecular flexibility index (Phi) is 9.36. The molecule has 0 aliphatic carbocycles. The van der Waals surface area contributed by atoms with Gasteiger partial charge in [0, 0.05) is 26.3 Å². The molecule has 2 aromatic rings. The summed E-state index contributed by atoms with van der Waals surface area (Å²) in [5, 5.41) is 8.21. The maximum Gasteiger partial charge on any atom is 0.416 e. The molecule has 2 fully saturated rings. The molecule has 210 valence electrons. The van der Waals surface area contributed by atoms with E-state index in [0.29, 0.717) is 45.6 Å². The van der Waals surface area contributed by atoms with Crippen LogP contribution in [-0.4, -0.2) is 57.2 Å².